The Bertz CT molecular complexity index is 355. The zero-order chi connectivity index (χ0) is 13.2. The molecule has 1 amide bonds. The molecule has 0 aliphatic heterocycles. The summed E-state index contributed by atoms with van der Waals surface area (Å²) in [5.74, 6) is 0.962. The number of rotatable bonds is 8. The van der Waals surface area contributed by atoms with Crippen LogP contribution in [0.3, 0.4) is 0 Å². The number of carbonyl (C=O) groups is 1. The van der Waals surface area contributed by atoms with Crippen LogP contribution in [0.15, 0.2) is 24.3 Å². The Labute approximate surface area is 121 Å². The van der Waals surface area contributed by atoms with Crippen LogP contribution in [0.5, 0.6) is 5.75 Å². The number of benzene rings is 1. The molecular formula is C14H23ClN2O2. The van der Waals surface area contributed by atoms with Crippen LogP contribution in [-0.2, 0) is 11.2 Å². The molecule has 0 radical (unpaired) electrons. The molecule has 19 heavy (non-hydrogen) atoms. The van der Waals surface area contributed by atoms with E-state index in [2.05, 4.69) is 17.4 Å². The van der Waals surface area contributed by atoms with E-state index in [1.54, 1.807) is 7.11 Å². The maximum atomic E-state index is 11.3. The van der Waals surface area contributed by atoms with E-state index >= 15 is 0 Å². The quantitative estimate of drug-likeness (QED) is 0.718. The van der Waals surface area contributed by atoms with Gasteiger partial charge in [0.15, 0.2) is 0 Å². The molecule has 0 heterocycles. The van der Waals surface area contributed by atoms with Crippen LogP contribution in [0.2, 0.25) is 0 Å². The lowest BCUT2D eigenvalue weighted by atomic mass is 10.1. The summed E-state index contributed by atoms with van der Waals surface area (Å²) in [5, 5.41) is 2.89. The fraction of sp³-hybridized carbons (Fsp3) is 0.500. The summed E-state index contributed by atoms with van der Waals surface area (Å²) in [7, 11) is 1.66. The van der Waals surface area contributed by atoms with E-state index in [-0.39, 0.29) is 18.3 Å². The predicted octanol–water partition coefficient (Wildman–Crippen LogP) is 1.90. The zero-order valence-electron chi connectivity index (χ0n) is 11.4. The van der Waals surface area contributed by atoms with Gasteiger partial charge >= 0.3 is 0 Å². The Morgan fingerprint density at radius 2 is 1.95 bits per heavy atom. The third kappa shape index (κ3) is 7.70. The van der Waals surface area contributed by atoms with Gasteiger partial charge in [0.05, 0.1) is 7.11 Å². The second kappa shape index (κ2) is 10.6. The molecule has 0 atom stereocenters. The van der Waals surface area contributed by atoms with E-state index < -0.39 is 0 Å². The summed E-state index contributed by atoms with van der Waals surface area (Å²) < 4.78 is 5.10. The largest absolute Gasteiger partial charge is 0.497 e. The first-order chi connectivity index (χ1) is 8.76. The molecule has 108 valence electrons. The molecule has 0 spiro atoms. The Kier molecular flexibility index (Phi) is 9.94. The lowest BCUT2D eigenvalue weighted by molar-refractivity contribution is -0.121. The lowest BCUT2D eigenvalue weighted by Gasteiger charge is -2.05. The Balaban J connectivity index is 0.00000324. The van der Waals surface area contributed by atoms with E-state index in [1.165, 1.54) is 5.56 Å². The van der Waals surface area contributed by atoms with Crippen molar-refractivity contribution in [2.45, 2.75) is 25.7 Å². The van der Waals surface area contributed by atoms with Crippen LogP contribution >= 0.6 is 12.4 Å². The number of aryl methyl sites for hydroxylation is 1. The number of nitrogens with two attached hydrogens (primary N) is 1. The second-order valence-corrected chi connectivity index (χ2v) is 4.19. The van der Waals surface area contributed by atoms with Crippen molar-refractivity contribution < 1.29 is 9.53 Å². The number of nitrogens with one attached hydrogen (secondary N) is 1. The minimum absolute atomic E-state index is 0. The number of amides is 1. The van der Waals surface area contributed by atoms with Crippen molar-refractivity contribution in [1.82, 2.24) is 5.32 Å². The summed E-state index contributed by atoms with van der Waals surface area (Å²) >= 11 is 0. The number of hydrogen-bond donors (Lipinski definition) is 2. The number of carbonyl (C=O) groups excluding carboxylic acids is 1. The van der Waals surface area contributed by atoms with Gasteiger partial charge in [-0.3, -0.25) is 4.79 Å². The van der Waals surface area contributed by atoms with Crippen LogP contribution < -0.4 is 15.8 Å². The highest BCUT2D eigenvalue weighted by atomic mass is 35.5. The number of hydrogen-bond acceptors (Lipinski definition) is 3. The molecule has 0 saturated heterocycles. The summed E-state index contributed by atoms with van der Waals surface area (Å²) in [6.45, 7) is 1.29. The predicted molar refractivity (Wildman–Crippen MR) is 79.9 cm³/mol. The molecule has 0 unspecified atom stereocenters. The average molecular weight is 287 g/mol. The molecule has 0 aromatic heterocycles. The van der Waals surface area contributed by atoms with Gasteiger partial charge in [-0.1, -0.05) is 12.1 Å². The molecule has 5 heteroatoms. The van der Waals surface area contributed by atoms with Crippen LogP contribution in [0.1, 0.15) is 24.8 Å². The third-order valence-corrected chi connectivity index (χ3v) is 2.73. The number of methoxy groups -OCH3 is 1. The van der Waals surface area contributed by atoms with Crippen molar-refractivity contribution in [2.24, 2.45) is 5.73 Å². The van der Waals surface area contributed by atoms with Gasteiger partial charge in [0, 0.05) is 13.0 Å². The molecule has 0 fully saturated rings. The van der Waals surface area contributed by atoms with Crippen molar-refractivity contribution in [3.63, 3.8) is 0 Å². The van der Waals surface area contributed by atoms with Crippen molar-refractivity contribution >= 4 is 18.3 Å². The van der Waals surface area contributed by atoms with Gasteiger partial charge in [-0.05, 0) is 43.5 Å². The Morgan fingerprint density at radius 1 is 1.26 bits per heavy atom. The molecule has 0 aliphatic rings. The van der Waals surface area contributed by atoms with Crippen LogP contribution in [0, 0.1) is 0 Å². The molecular weight excluding hydrogens is 264 g/mol. The molecule has 1 aromatic carbocycles. The third-order valence-electron chi connectivity index (χ3n) is 2.73. The first-order valence-corrected chi connectivity index (χ1v) is 6.36. The minimum atomic E-state index is 0. The van der Waals surface area contributed by atoms with Gasteiger partial charge in [-0.2, -0.15) is 0 Å². The summed E-state index contributed by atoms with van der Waals surface area (Å²) in [5.41, 5.74) is 6.60. The van der Waals surface area contributed by atoms with Gasteiger partial charge in [-0.25, -0.2) is 0 Å². The standard InChI is InChI=1S/C14H22N2O2.ClH/c1-18-13-8-6-12(7-9-13)4-3-11-16-14(17)5-2-10-15;/h6-9H,2-5,10-11,15H2,1H3,(H,16,17);1H. The maximum absolute atomic E-state index is 11.3. The van der Waals surface area contributed by atoms with E-state index in [1.807, 2.05) is 12.1 Å². The van der Waals surface area contributed by atoms with E-state index in [4.69, 9.17) is 10.5 Å². The number of halogens is 1. The Hall–Kier alpha value is -1.26. The van der Waals surface area contributed by atoms with Crippen molar-refractivity contribution in [3.8, 4) is 5.75 Å². The van der Waals surface area contributed by atoms with Crippen LogP contribution in [0.4, 0.5) is 0 Å². The van der Waals surface area contributed by atoms with E-state index in [9.17, 15) is 4.79 Å². The second-order valence-electron chi connectivity index (χ2n) is 4.19. The fourth-order valence-corrected chi connectivity index (χ4v) is 1.66. The summed E-state index contributed by atoms with van der Waals surface area (Å²) in [4.78, 5) is 11.3. The minimum Gasteiger partial charge on any atom is -0.497 e. The van der Waals surface area contributed by atoms with Gasteiger partial charge in [0.25, 0.3) is 0 Å². The van der Waals surface area contributed by atoms with Crippen molar-refractivity contribution in [3.05, 3.63) is 29.8 Å². The molecule has 4 nitrogen and oxygen atoms in total. The van der Waals surface area contributed by atoms with E-state index in [0.717, 1.165) is 31.6 Å². The summed E-state index contributed by atoms with van der Waals surface area (Å²) in [6.07, 6.45) is 3.19. The van der Waals surface area contributed by atoms with Crippen LogP contribution in [-0.4, -0.2) is 26.1 Å². The molecule has 3 N–H and O–H groups in total. The SMILES string of the molecule is COc1ccc(CCCNC(=O)CCCN)cc1.Cl. The van der Waals surface area contributed by atoms with E-state index in [0.29, 0.717) is 13.0 Å². The molecule has 0 aliphatic carbocycles. The first kappa shape index (κ1) is 17.7. The van der Waals surface area contributed by atoms with Crippen molar-refractivity contribution in [2.75, 3.05) is 20.2 Å². The average Bonchev–Trinajstić information content (AvgIpc) is 2.42. The highest BCUT2D eigenvalue weighted by Gasteiger charge is 1.99. The monoisotopic (exact) mass is 286 g/mol. The van der Waals surface area contributed by atoms with Gasteiger partial charge in [0.2, 0.25) is 5.91 Å². The number of ether oxygens (including phenoxy) is 1. The molecule has 1 aromatic rings. The normalized spacial score (nSPS) is 9.58. The Morgan fingerprint density at radius 3 is 2.53 bits per heavy atom. The first-order valence-electron chi connectivity index (χ1n) is 6.36. The smallest absolute Gasteiger partial charge is 0.220 e. The highest BCUT2D eigenvalue weighted by Crippen LogP contribution is 2.12. The van der Waals surface area contributed by atoms with Gasteiger partial charge in [-0.15, -0.1) is 12.4 Å². The lowest BCUT2D eigenvalue weighted by Crippen LogP contribution is -2.25. The topological polar surface area (TPSA) is 64.3 Å². The zero-order valence-corrected chi connectivity index (χ0v) is 12.2. The summed E-state index contributed by atoms with van der Waals surface area (Å²) in [6, 6.07) is 8.01. The van der Waals surface area contributed by atoms with Gasteiger partial charge < -0.3 is 15.8 Å². The molecule has 1 rings (SSSR count). The van der Waals surface area contributed by atoms with Crippen LogP contribution in [0.25, 0.3) is 0 Å². The fourth-order valence-electron chi connectivity index (χ4n) is 1.66. The molecule has 0 bridgehead atoms. The highest BCUT2D eigenvalue weighted by molar-refractivity contribution is 5.85. The maximum Gasteiger partial charge on any atom is 0.220 e. The van der Waals surface area contributed by atoms with Gasteiger partial charge in [0.1, 0.15) is 5.75 Å². The molecule has 0 saturated carbocycles. The van der Waals surface area contributed by atoms with Crippen molar-refractivity contribution in [1.29, 1.82) is 0 Å².